The van der Waals surface area contributed by atoms with Crippen molar-refractivity contribution in [3.05, 3.63) is 16.1 Å². The van der Waals surface area contributed by atoms with E-state index in [0.29, 0.717) is 18.9 Å². The van der Waals surface area contributed by atoms with Crippen molar-refractivity contribution in [1.29, 1.82) is 0 Å². The van der Waals surface area contributed by atoms with E-state index in [-0.39, 0.29) is 5.84 Å². The zero-order valence-corrected chi connectivity index (χ0v) is 12.7. The van der Waals surface area contributed by atoms with Crippen LogP contribution >= 0.6 is 22.6 Å². The summed E-state index contributed by atoms with van der Waals surface area (Å²) in [6, 6.07) is 0. The van der Waals surface area contributed by atoms with Gasteiger partial charge in [-0.25, -0.2) is 9.97 Å². The number of aromatic nitrogens is 2. The summed E-state index contributed by atoms with van der Waals surface area (Å²) in [6.07, 6.45) is 3.82. The van der Waals surface area contributed by atoms with Crippen LogP contribution in [0.25, 0.3) is 0 Å². The quantitative estimate of drug-likeness (QED) is 0.264. The molecule has 1 aromatic heterocycles. The molecule has 0 amide bonds. The molecule has 1 rings (SSSR count). The van der Waals surface area contributed by atoms with Gasteiger partial charge in [0.2, 0.25) is 0 Å². The summed E-state index contributed by atoms with van der Waals surface area (Å²) >= 11 is 2.21. The van der Waals surface area contributed by atoms with Gasteiger partial charge in [0, 0.05) is 25.7 Å². The van der Waals surface area contributed by atoms with Crippen molar-refractivity contribution in [3.8, 4) is 0 Å². The third-order valence-corrected chi connectivity index (χ3v) is 3.06. The molecule has 0 aliphatic heterocycles. The Morgan fingerprint density at radius 1 is 1.61 bits per heavy atom. The molecule has 3 N–H and O–H groups in total. The highest BCUT2D eigenvalue weighted by atomic mass is 127. The van der Waals surface area contributed by atoms with Crippen molar-refractivity contribution in [2.24, 2.45) is 16.8 Å². The van der Waals surface area contributed by atoms with Gasteiger partial charge in [0.25, 0.3) is 0 Å². The lowest BCUT2D eigenvalue weighted by atomic mass is 10.2. The van der Waals surface area contributed by atoms with Crippen LogP contribution < -0.4 is 10.6 Å². The second-order valence-electron chi connectivity index (χ2n) is 4.38. The Labute approximate surface area is 120 Å². The van der Waals surface area contributed by atoms with Crippen molar-refractivity contribution < 1.29 is 5.21 Å². The van der Waals surface area contributed by atoms with Crippen LogP contribution in [0.5, 0.6) is 0 Å². The average molecular weight is 363 g/mol. The van der Waals surface area contributed by atoms with E-state index in [0.717, 1.165) is 15.9 Å². The van der Waals surface area contributed by atoms with Gasteiger partial charge in [-0.2, -0.15) is 0 Å². The molecule has 1 heterocycles. The topological polar surface area (TPSA) is 87.6 Å². The van der Waals surface area contributed by atoms with Gasteiger partial charge in [-0.15, -0.1) is 0 Å². The third-order valence-electron chi connectivity index (χ3n) is 2.30. The van der Waals surface area contributed by atoms with Crippen LogP contribution in [0, 0.1) is 9.49 Å². The molecule has 0 aromatic carbocycles. The molecule has 0 aliphatic carbocycles. The van der Waals surface area contributed by atoms with Crippen LogP contribution in [0.3, 0.4) is 0 Å². The minimum Gasteiger partial charge on any atom is -0.409 e. The molecule has 0 saturated heterocycles. The first-order chi connectivity index (χ1) is 8.54. The highest BCUT2D eigenvalue weighted by Gasteiger charge is 2.13. The van der Waals surface area contributed by atoms with Gasteiger partial charge in [0.1, 0.15) is 18.0 Å². The Kier molecular flexibility index (Phi) is 6.10. The molecular formula is C11H18IN5O. The summed E-state index contributed by atoms with van der Waals surface area (Å²) in [5, 5.41) is 11.6. The normalized spacial score (nSPS) is 11.9. The number of hydrogen-bond acceptors (Lipinski definition) is 5. The van der Waals surface area contributed by atoms with Crippen LogP contribution in [0.1, 0.15) is 20.3 Å². The fourth-order valence-corrected chi connectivity index (χ4v) is 2.20. The van der Waals surface area contributed by atoms with E-state index in [1.165, 1.54) is 6.33 Å². The Morgan fingerprint density at radius 3 is 2.89 bits per heavy atom. The number of amidine groups is 1. The Morgan fingerprint density at radius 2 is 2.33 bits per heavy atom. The van der Waals surface area contributed by atoms with E-state index < -0.39 is 0 Å². The molecule has 0 bridgehead atoms. The zero-order chi connectivity index (χ0) is 13.5. The fraction of sp³-hybridized carbons (Fsp3) is 0.545. The molecule has 18 heavy (non-hydrogen) atoms. The molecule has 0 spiro atoms. The molecule has 0 aliphatic rings. The van der Waals surface area contributed by atoms with Crippen molar-refractivity contribution >= 4 is 34.2 Å². The van der Waals surface area contributed by atoms with E-state index in [1.807, 2.05) is 0 Å². The Balaban J connectivity index is 2.81. The number of anilines is 1. The highest BCUT2D eigenvalue weighted by molar-refractivity contribution is 14.1. The highest BCUT2D eigenvalue weighted by Crippen LogP contribution is 2.19. The minimum atomic E-state index is 0.229. The number of rotatable bonds is 6. The zero-order valence-electron chi connectivity index (χ0n) is 10.5. The third kappa shape index (κ3) is 4.63. The molecule has 6 nitrogen and oxygen atoms in total. The standard InChI is InChI=1S/C11H18IN5O/c1-8(2)6-17(4-3-10(13)16-18)11-9(12)5-14-7-15-11/h5,7-8,18H,3-4,6H2,1-2H3,(H2,13,16). The lowest BCUT2D eigenvalue weighted by Gasteiger charge is -2.26. The first-order valence-electron chi connectivity index (χ1n) is 5.71. The fourth-order valence-electron chi connectivity index (χ4n) is 1.56. The van der Waals surface area contributed by atoms with Gasteiger partial charge >= 0.3 is 0 Å². The maximum absolute atomic E-state index is 8.57. The maximum atomic E-state index is 8.57. The van der Waals surface area contributed by atoms with Gasteiger partial charge in [-0.05, 0) is 28.5 Å². The van der Waals surface area contributed by atoms with Crippen LogP contribution in [0.4, 0.5) is 5.82 Å². The van der Waals surface area contributed by atoms with E-state index in [4.69, 9.17) is 10.9 Å². The van der Waals surface area contributed by atoms with Crippen LogP contribution in [-0.2, 0) is 0 Å². The van der Waals surface area contributed by atoms with Crippen LogP contribution in [0.15, 0.2) is 17.7 Å². The molecule has 100 valence electrons. The SMILES string of the molecule is CC(C)CN(CCC(N)=NO)c1ncncc1I. The summed E-state index contributed by atoms with van der Waals surface area (Å²) in [5.74, 6) is 1.63. The number of oxime groups is 1. The second kappa shape index (κ2) is 7.34. The van der Waals surface area contributed by atoms with Gasteiger partial charge in [0.15, 0.2) is 0 Å². The number of nitrogens with two attached hydrogens (primary N) is 1. The predicted octanol–water partition coefficient (Wildman–Crippen LogP) is 1.68. The first kappa shape index (κ1) is 14.9. The minimum absolute atomic E-state index is 0.229. The molecule has 0 unspecified atom stereocenters. The lowest BCUT2D eigenvalue weighted by molar-refractivity contribution is 0.317. The average Bonchev–Trinajstić information content (AvgIpc) is 2.34. The Hall–Kier alpha value is -1.12. The first-order valence-corrected chi connectivity index (χ1v) is 6.79. The van der Waals surface area contributed by atoms with Crippen molar-refractivity contribution in [1.82, 2.24) is 9.97 Å². The molecule has 1 aromatic rings. The van der Waals surface area contributed by atoms with Gasteiger partial charge in [0.05, 0.1) is 3.57 Å². The predicted molar refractivity (Wildman–Crippen MR) is 79.8 cm³/mol. The lowest BCUT2D eigenvalue weighted by Crippen LogP contribution is -2.32. The summed E-state index contributed by atoms with van der Waals surface area (Å²) in [7, 11) is 0. The van der Waals surface area contributed by atoms with Gasteiger partial charge < -0.3 is 15.8 Å². The molecule has 0 atom stereocenters. The monoisotopic (exact) mass is 363 g/mol. The van der Waals surface area contributed by atoms with Crippen molar-refractivity contribution in [2.75, 3.05) is 18.0 Å². The summed E-state index contributed by atoms with van der Waals surface area (Å²) in [5.41, 5.74) is 5.51. The Bertz CT molecular complexity index is 410. The summed E-state index contributed by atoms with van der Waals surface area (Å²) in [4.78, 5) is 10.4. The second-order valence-corrected chi connectivity index (χ2v) is 5.54. The smallest absolute Gasteiger partial charge is 0.145 e. The number of halogens is 1. The number of hydrogen-bond donors (Lipinski definition) is 2. The van der Waals surface area contributed by atoms with Gasteiger partial charge in [-0.3, -0.25) is 0 Å². The maximum Gasteiger partial charge on any atom is 0.145 e. The molecule has 0 radical (unpaired) electrons. The van der Waals surface area contributed by atoms with E-state index in [9.17, 15) is 0 Å². The summed E-state index contributed by atoms with van der Waals surface area (Å²) in [6.45, 7) is 5.82. The largest absolute Gasteiger partial charge is 0.409 e. The van der Waals surface area contributed by atoms with Crippen molar-refractivity contribution in [3.63, 3.8) is 0 Å². The molecule has 7 heteroatoms. The van der Waals surface area contributed by atoms with Gasteiger partial charge in [-0.1, -0.05) is 19.0 Å². The van der Waals surface area contributed by atoms with Crippen LogP contribution in [0.2, 0.25) is 0 Å². The van der Waals surface area contributed by atoms with E-state index in [1.54, 1.807) is 6.20 Å². The molecular weight excluding hydrogens is 345 g/mol. The van der Waals surface area contributed by atoms with E-state index >= 15 is 0 Å². The van der Waals surface area contributed by atoms with Crippen molar-refractivity contribution in [2.45, 2.75) is 20.3 Å². The van der Waals surface area contributed by atoms with E-state index in [2.05, 4.69) is 56.5 Å². The number of nitrogens with zero attached hydrogens (tertiary/aromatic N) is 4. The molecule has 0 fully saturated rings. The molecule has 0 saturated carbocycles. The summed E-state index contributed by atoms with van der Waals surface area (Å²) < 4.78 is 0.996. The van der Waals surface area contributed by atoms with Crippen LogP contribution in [-0.4, -0.2) is 34.1 Å².